The molecule has 15 heavy (non-hydrogen) atoms. The minimum atomic E-state index is -0.339. The maximum absolute atomic E-state index is 11.4. The van der Waals surface area contributed by atoms with Crippen molar-refractivity contribution in [2.45, 2.75) is 13.3 Å². The third-order valence-corrected chi connectivity index (χ3v) is 2.05. The zero-order chi connectivity index (χ0) is 11.1. The minimum absolute atomic E-state index is 0.0615. The molecule has 3 nitrogen and oxygen atoms in total. The first-order valence-corrected chi connectivity index (χ1v) is 4.91. The Morgan fingerprint density at radius 1 is 1.40 bits per heavy atom. The van der Waals surface area contributed by atoms with Gasteiger partial charge in [-0.25, -0.2) is 4.79 Å². The molecule has 0 amide bonds. The van der Waals surface area contributed by atoms with Crippen LogP contribution in [0.15, 0.2) is 30.3 Å². The van der Waals surface area contributed by atoms with Crippen LogP contribution in [0.25, 0.3) is 0 Å². The first-order chi connectivity index (χ1) is 7.24. The second-order valence-electron chi connectivity index (χ2n) is 3.40. The zero-order valence-electron chi connectivity index (χ0n) is 8.68. The normalized spacial score (nSPS) is 11.8. The standard InChI is InChI=1S/C12H14O3/c1-10(9-13)7-8-15-12(14)11-5-3-2-4-6-11/h2-6,9-10H,7-8H2,1H3/t10-/m1/s1. The Balaban J connectivity index is 2.34. The molecule has 3 heteroatoms. The average molecular weight is 206 g/mol. The van der Waals surface area contributed by atoms with E-state index >= 15 is 0 Å². The van der Waals surface area contributed by atoms with Crippen LogP contribution >= 0.6 is 0 Å². The Labute approximate surface area is 89.1 Å². The van der Waals surface area contributed by atoms with Crippen LogP contribution in [-0.2, 0) is 9.53 Å². The molecule has 0 unspecified atom stereocenters. The van der Waals surface area contributed by atoms with Crippen LogP contribution in [0, 0.1) is 5.92 Å². The molecule has 1 rings (SSSR count). The van der Waals surface area contributed by atoms with Gasteiger partial charge in [0.05, 0.1) is 12.2 Å². The number of hydrogen-bond acceptors (Lipinski definition) is 3. The van der Waals surface area contributed by atoms with Crippen LogP contribution < -0.4 is 0 Å². The maximum atomic E-state index is 11.4. The lowest BCUT2D eigenvalue weighted by molar-refractivity contribution is -0.111. The molecule has 0 bridgehead atoms. The molecule has 0 spiro atoms. The molecule has 1 aromatic carbocycles. The zero-order valence-corrected chi connectivity index (χ0v) is 8.68. The summed E-state index contributed by atoms with van der Waals surface area (Å²) < 4.78 is 5.00. The Hall–Kier alpha value is -1.64. The Morgan fingerprint density at radius 3 is 2.67 bits per heavy atom. The molecular formula is C12H14O3. The first kappa shape index (κ1) is 11.4. The molecule has 0 saturated carbocycles. The topological polar surface area (TPSA) is 43.4 Å². The van der Waals surface area contributed by atoms with Gasteiger partial charge in [0.1, 0.15) is 6.29 Å². The number of rotatable bonds is 5. The number of carbonyl (C=O) groups is 2. The smallest absolute Gasteiger partial charge is 0.338 e. The highest BCUT2D eigenvalue weighted by Crippen LogP contribution is 2.03. The number of hydrogen-bond donors (Lipinski definition) is 0. The number of aldehydes is 1. The molecular weight excluding hydrogens is 192 g/mol. The molecule has 0 saturated heterocycles. The van der Waals surface area contributed by atoms with Crippen LogP contribution in [0.3, 0.4) is 0 Å². The highest BCUT2D eigenvalue weighted by molar-refractivity contribution is 5.89. The monoisotopic (exact) mass is 206 g/mol. The fourth-order valence-electron chi connectivity index (χ4n) is 1.06. The van der Waals surface area contributed by atoms with Crippen LogP contribution in [0.2, 0.25) is 0 Å². The summed E-state index contributed by atoms with van der Waals surface area (Å²) >= 11 is 0. The van der Waals surface area contributed by atoms with Gasteiger partial charge in [0.2, 0.25) is 0 Å². The van der Waals surface area contributed by atoms with Gasteiger partial charge in [0.15, 0.2) is 0 Å². The minimum Gasteiger partial charge on any atom is -0.462 e. The summed E-state index contributed by atoms with van der Waals surface area (Å²) in [6.45, 7) is 2.08. The van der Waals surface area contributed by atoms with E-state index in [2.05, 4.69) is 0 Å². The van der Waals surface area contributed by atoms with Crippen molar-refractivity contribution in [3.63, 3.8) is 0 Å². The Bertz CT molecular complexity index is 319. The summed E-state index contributed by atoms with van der Waals surface area (Å²) in [5, 5.41) is 0. The number of carbonyl (C=O) groups excluding carboxylic acids is 2. The van der Waals surface area contributed by atoms with Gasteiger partial charge in [-0.2, -0.15) is 0 Å². The molecule has 0 N–H and O–H groups in total. The lowest BCUT2D eigenvalue weighted by Gasteiger charge is -2.05. The van der Waals surface area contributed by atoms with Gasteiger partial charge in [-0.3, -0.25) is 0 Å². The Kier molecular flexibility index (Phi) is 4.54. The molecule has 1 aromatic rings. The average Bonchev–Trinajstić information content (AvgIpc) is 2.29. The third-order valence-electron chi connectivity index (χ3n) is 2.05. The summed E-state index contributed by atoms with van der Waals surface area (Å²) in [6, 6.07) is 8.80. The van der Waals surface area contributed by atoms with Crippen molar-refractivity contribution < 1.29 is 14.3 Å². The highest BCUT2D eigenvalue weighted by atomic mass is 16.5. The van der Waals surface area contributed by atoms with E-state index in [0.717, 1.165) is 6.29 Å². The second kappa shape index (κ2) is 5.96. The molecule has 0 fully saturated rings. The lowest BCUT2D eigenvalue weighted by atomic mass is 10.1. The number of esters is 1. The van der Waals surface area contributed by atoms with Crippen molar-refractivity contribution >= 4 is 12.3 Å². The molecule has 0 aromatic heterocycles. The van der Waals surface area contributed by atoms with E-state index in [9.17, 15) is 9.59 Å². The first-order valence-electron chi connectivity index (χ1n) is 4.91. The van der Waals surface area contributed by atoms with Crippen molar-refractivity contribution in [2.75, 3.05) is 6.61 Å². The molecule has 0 aliphatic carbocycles. The highest BCUT2D eigenvalue weighted by Gasteiger charge is 2.06. The van der Waals surface area contributed by atoms with Crippen LogP contribution in [0.4, 0.5) is 0 Å². The molecule has 80 valence electrons. The summed E-state index contributed by atoms with van der Waals surface area (Å²) in [5.74, 6) is -0.401. The van der Waals surface area contributed by atoms with Crippen LogP contribution in [0.1, 0.15) is 23.7 Å². The number of ether oxygens (including phenoxy) is 1. The van der Waals surface area contributed by atoms with Crippen LogP contribution in [0.5, 0.6) is 0 Å². The third kappa shape index (κ3) is 3.94. The van der Waals surface area contributed by atoms with Gasteiger partial charge >= 0.3 is 5.97 Å². The summed E-state index contributed by atoms with van der Waals surface area (Å²) in [4.78, 5) is 21.7. The van der Waals surface area contributed by atoms with Gasteiger partial charge < -0.3 is 9.53 Å². The van der Waals surface area contributed by atoms with Gasteiger partial charge in [-0.05, 0) is 18.6 Å². The quantitative estimate of drug-likeness (QED) is 0.547. The van der Waals surface area contributed by atoms with E-state index in [4.69, 9.17) is 4.74 Å². The van der Waals surface area contributed by atoms with Crippen molar-refractivity contribution in [1.29, 1.82) is 0 Å². The number of benzene rings is 1. The summed E-state index contributed by atoms with van der Waals surface area (Å²) in [5.41, 5.74) is 0.538. The SMILES string of the molecule is C[C@@H](C=O)CCOC(=O)c1ccccc1. The predicted molar refractivity (Wildman–Crippen MR) is 56.6 cm³/mol. The van der Waals surface area contributed by atoms with Crippen molar-refractivity contribution in [1.82, 2.24) is 0 Å². The lowest BCUT2D eigenvalue weighted by Crippen LogP contribution is -2.09. The van der Waals surface area contributed by atoms with Crippen molar-refractivity contribution in [3.05, 3.63) is 35.9 Å². The van der Waals surface area contributed by atoms with Gasteiger partial charge in [0.25, 0.3) is 0 Å². The fourth-order valence-corrected chi connectivity index (χ4v) is 1.06. The van der Waals surface area contributed by atoms with Crippen molar-refractivity contribution in [3.8, 4) is 0 Å². The van der Waals surface area contributed by atoms with E-state index in [1.165, 1.54) is 0 Å². The van der Waals surface area contributed by atoms with Gasteiger partial charge in [-0.15, -0.1) is 0 Å². The van der Waals surface area contributed by atoms with E-state index in [0.29, 0.717) is 12.0 Å². The van der Waals surface area contributed by atoms with Gasteiger partial charge in [0, 0.05) is 5.92 Å². The fraction of sp³-hybridized carbons (Fsp3) is 0.333. The van der Waals surface area contributed by atoms with Crippen molar-refractivity contribution in [2.24, 2.45) is 5.92 Å². The van der Waals surface area contributed by atoms with E-state index < -0.39 is 0 Å². The largest absolute Gasteiger partial charge is 0.462 e. The summed E-state index contributed by atoms with van der Waals surface area (Å²) in [7, 11) is 0. The molecule has 0 aliphatic heterocycles. The van der Waals surface area contributed by atoms with E-state index in [1.807, 2.05) is 6.07 Å². The molecule has 0 heterocycles. The van der Waals surface area contributed by atoms with E-state index in [-0.39, 0.29) is 18.5 Å². The molecule has 0 aliphatic rings. The second-order valence-corrected chi connectivity index (χ2v) is 3.40. The van der Waals surface area contributed by atoms with E-state index in [1.54, 1.807) is 31.2 Å². The van der Waals surface area contributed by atoms with Gasteiger partial charge in [-0.1, -0.05) is 25.1 Å². The van der Waals surface area contributed by atoms with Crippen LogP contribution in [-0.4, -0.2) is 18.9 Å². The molecule has 0 radical (unpaired) electrons. The Morgan fingerprint density at radius 2 is 2.07 bits per heavy atom. The molecule has 1 atom stereocenters. The predicted octanol–water partition coefficient (Wildman–Crippen LogP) is 2.07. The maximum Gasteiger partial charge on any atom is 0.338 e. The summed E-state index contributed by atoms with van der Waals surface area (Å²) in [6.07, 6.45) is 1.43.